The molecule has 110 valence electrons. The Bertz CT molecular complexity index is 180. The maximum atomic E-state index is 5.91. The molecule has 0 heterocycles. The van der Waals surface area contributed by atoms with E-state index in [1.54, 1.807) is 0 Å². The van der Waals surface area contributed by atoms with E-state index < -0.39 is 0 Å². The summed E-state index contributed by atoms with van der Waals surface area (Å²) in [5.41, 5.74) is 0.0148. The van der Waals surface area contributed by atoms with Crippen molar-refractivity contribution in [2.75, 3.05) is 12.4 Å². The summed E-state index contributed by atoms with van der Waals surface area (Å²) < 4.78 is 5.91. The Balaban J connectivity index is 3.89. The molecule has 0 aliphatic carbocycles. The minimum atomic E-state index is 0.0148. The highest BCUT2D eigenvalue weighted by atomic mass is 32.1. The quantitative estimate of drug-likeness (QED) is 0.366. The zero-order valence-electron chi connectivity index (χ0n) is 13.0. The second-order valence-corrected chi connectivity index (χ2v) is 6.25. The van der Waals surface area contributed by atoms with Crippen molar-refractivity contribution in [2.24, 2.45) is 5.92 Å². The molecule has 18 heavy (non-hydrogen) atoms. The summed E-state index contributed by atoms with van der Waals surface area (Å²) in [7, 11) is 0. The van der Waals surface area contributed by atoms with E-state index in [4.69, 9.17) is 4.74 Å². The molecule has 0 aromatic heterocycles. The summed E-state index contributed by atoms with van der Waals surface area (Å²) in [5.74, 6) is 1.62. The molecule has 0 fully saturated rings. The van der Waals surface area contributed by atoms with Gasteiger partial charge in [0.15, 0.2) is 0 Å². The molecule has 0 spiro atoms. The van der Waals surface area contributed by atoms with E-state index in [0.717, 1.165) is 12.4 Å². The van der Waals surface area contributed by atoms with Gasteiger partial charge in [-0.05, 0) is 45.3 Å². The van der Waals surface area contributed by atoms with E-state index in [-0.39, 0.29) is 5.60 Å². The molecule has 1 unspecified atom stereocenters. The van der Waals surface area contributed by atoms with E-state index in [1.165, 1.54) is 51.4 Å². The van der Waals surface area contributed by atoms with Crippen LogP contribution < -0.4 is 0 Å². The number of ether oxygens (including phenoxy) is 1. The molecule has 0 N–H and O–H groups in total. The molecule has 0 radical (unpaired) electrons. The Labute approximate surface area is 120 Å². The molecule has 0 aromatic rings. The van der Waals surface area contributed by atoms with E-state index >= 15 is 0 Å². The Morgan fingerprint density at radius 2 is 1.56 bits per heavy atom. The highest BCUT2D eigenvalue weighted by Crippen LogP contribution is 2.30. The van der Waals surface area contributed by atoms with Crippen LogP contribution in [0.15, 0.2) is 0 Å². The lowest BCUT2D eigenvalue weighted by atomic mass is 9.84. The van der Waals surface area contributed by atoms with E-state index in [2.05, 4.69) is 40.3 Å². The van der Waals surface area contributed by atoms with Crippen LogP contribution in [0, 0.1) is 5.92 Å². The summed E-state index contributed by atoms with van der Waals surface area (Å²) in [6.45, 7) is 9.65. The maximum Gasteiger partial charge on any atom is 0.0654 e. The first-order valence-electron chi connectivity index (χ1n) is 7.83. The molecule has 1 atom stereocenters. The van der Waals surface area contributed by atoms with Gasteiger partial charge in [-0.15, -0.1) is 0 Å². The molecular weight excluding hydrogens is 240 g/mol. The minimum Gasteiger partial charge on any atom is -0.376 e. The molecule has 0 amide bonds. The molecule has 0 aromatic carbocycles. The van der Waals surface area contributed by atoms with Gasteiger partial charge in [-0.2, -0.15) is 12.6 Å². The summed E-state index contributed by atoms with van der Waals surface area (Å²) in [6, 6.07) is 0. The summed E-state index contributed by atoms with van der Waals surface area (Å²) in [5, 5.41) is 0. The smallest absolute Gasteiger partial charge is 0.0654 e. The third-order valence-corrected chi connectivity index (χ3v) is 4.14. The first kappa shape index (κ1) is 18.3. The molecular formula is C16H34OS. The summed E-state index contributed by atoms with van der Waals surface area (Å²) >= 11 is 4.40. The van der Waals surface area contributed by atoms with Gasteiger partial charge in [-0.1, -0.05) is 45.4 Å². The topological polar surface area (TPSA) is 9.23 Å². The lowest BCUT2D eigenvalue weighted by Gasteiger charge is -2.34. The molecule has 0 saturated heterocycles. The lowest BCUT2D eigenvalue weighted by Crippen LogP contribution is -2.35. The Morgan fingerprint density at radius 3 is 2.11 bits per heavy atom. The monoisotopic (exact) mass is 274 g/mol. The molecule has 0 rings (SSSR count). The molecule has 1 nitrogen and oxygen atoms in total. The zero-order chi connectivity index (χ0) is 13.9. The summed E-state index contributed by atoms with van der Waals surface area (Å²) in [4.78, 5) is 0. The molecule has 0 bridgehead atoms. The van der Waals surface area contributed by atoms with Crippen molar-refractivity contribution in [3.8, 4) is 0 Å². The first-order chi connectivity index (χ1) is 8.58. The third-order valence-electron chi connectivity index (χ3n) is 3.88. The maximum absolute atomic E-state index is 5.91. The fraction of sp³-hybridized carbons (Fsp3) is 1.00. The van der Waals surface area contributed by atoms with Crippen molar-refractivity contribution in [2.45, 2.75) is 84.7 Å². The van der Waals surface area contributed by atoms with E-state index in [0.29, 0.717) is 5.92 Å². The predicted octanol–water partition coefficient (Wildman–Crippen LogP) is 5.49. The third kappa shape index (κ3) is 8.42. The Morgan fingerprint density at radius 1 is 0.944 bits per heavy atom. The van der Waals surface area contributed by atoms with Crippen LogP contribution in [0.25, 0.3) is 0 Å². The van der Waals surface area contributed by atoms with Crippen molar-refractivity contribution in [1.29, 1.82) is 0 Å². The predicted molar refractivity (Wildman–Crippen MR) is 85.7 cm³/mol. The molecule has 0 saturated carbocycles. The van der Waals surface area contributed by atoms with Crippen molar-refractivity contribution in [3.05, 3.63) is 0 Å². The first-order valence-corrected chi connectivity index (χ1v) is 8.46. The van der Waals surface area contributed by atoms with Gasteiger partial charge in [0.2, 0.25) is 0 Å². The highest BCUT2D eigenvalue weighted by molar-refractivity contribution is 7.80. The van der Waals surface area contributed by atoms with Crippen LogP contribution in [-0.2, 0) is 4.74 Å². The zero-order valence-corrected chi connectivity index (χ0v) is 13.9. The van der Waals surface area contributed by atoms with E-state index in [1.807, 2.05) is 0 Å². The van der Waals surface area contributed by atoms with Gasteiger partial charge in [-0.3, -0.25) is 0 Å². The van der Waals surface area contributed by atoms with Gasteiger partial charge in [-0.25, -0.2) is 0 Å². The van der Waals surface area contributed by atoms with Crippen molar-refractivity contribution >= 4 is 12.6 Å². The van der Waals surface area contributed by atoms with Crippen LogP contribution in [0.1, 0.15) is 79.1 Å². The number of thiol groups is 1. The minimum absolute atomic E-state index is 0.0148. The van der Waals surface area contributed by atoms with Gasteiger partial charge in [0.05, 0.1) is 5.60 Å². The van der Waals surface area contributed by atoms with Gasteiger partial charge < -0.3 is 4.74 Å². The number of rotatable bonds is 12. The van der Waals surface area contributed by atoms with Crippen molar-refractivity contribution in [3.63, 3.8) is 0 Å². The molecule has 2 heteroatoms. The van der Waals surface area contributed by atoms with Crippen LogP contribution in [0.3, 0.4) is 0 Å². The van der Waals surface area contributed by atoms with Gasteiger partial charge in [0, 0.05) is 6.61 Å². The fourth-order valence-electron chi connectivity index (χ4n) is 2.66. The normalized spacial score (nSPS) is 13.8. The van der Waals surface area contributed by atoms with Gasteiger partial charge in [0.1, 0.15) is 0 Å². The number of hydrogen-bond acceptors (Lipinski definition) is 2. The van der Waals surface area contributed by atoms with Crippen LogP contribution in [0.2, 0.25) is 0 Å². The van der Waals surface area contributed by atoms with Crippen LogP contribution >= 0.6 is 12.6 Å². The van der Waals surface area contributed by atoms with Crippen LogP contribution in [0.4, 0.5) is 0 Å². The fourth-order valence-corrected chi connectivity index (χ4v) is 2.97. The van der Waals surface area contributed by atoms with Crippen LogP contribution in [-0.4, -0.2) is 18.0 Å². The number of unbranched alkanes of at least 4 members (excludes halogenated alkanes) is 5. The second kappa shape index (κ2) is 11.2. The Hall–Kier alpha value is 0.310. The second-order valence-electron chi connectivity index (χ2n) is 5.80. The van der Waals surface area contributed by atoms with E-state index in [9.17, 15) is 0 Å². The van der Waals surface area contributed by atoms with Crippen LogP contribution in [0.5, 0.6) is 0 Å². The average Bonchev–Trinajstić information content (AvgIpc) is 2.32. The largest absolute Gasteiger partial charge is 0.376 e. The van der Waals surface area contributed by atoms with Gasteiger partial charge >= 0.3 is 0 Å². The van der Waals surface area contributed by atoms with Gasteiger partial charge in [0.25, 0.3) is 0 Å². The average molecular weight is 275 g/mol. The molecule has 0 aliphatic heterocycles. The highest BCUT2D eigenvalue weighted by Gasteiger charge is 2.28. The standard InChI is InChI=1S/C16H34OS/c1-5-7-8-9-10-11-12-15(13-14-18)16(3,4)17-6-2/h15,18H,5-14H2,1-4H3. The van der Waals surface area contributed by atoms with Crippen molar-refractivity contribution in [1.82, 2.24) is 0 Å². The summed E-state index contributed by atoms with van der Waals surface area (Å²) in [6.07, 6.45) is 10.7. The molecule has 0 aliphatic rings. The number of hydrogen-bond donors (Lipinski definition) is 1. The SMILES string of the molecule is CCCCCCCCC(CCS)C(C)(C)OCC. The Kier molecular flexibility index (Phi) is 11.4. The lowest BCUT2D eigenvalue weighted by molar-refractivity contribution is -0.0582. The van der Waals surface area contributed by atoms with Crippen molar-refractivity contribution < 1.29 is 4.74 Å².